The van der Waals surface area contributed by atoms with E-state index in [1.165, 1.54) is 12.1 Å². The van der Waals surface area contributed by atoms with Crippen LogP contribution in [0.1, 0.15) is 67.6 Å². The van der Waals surface area contributed by atoms with Crippen LogP contribution in [-0.4, -0.2) is 16.9 Å². The van der Waals surface area contributed by atoms with Gasteiger partial charge in [0.25, 0.3) is 0 Å². The molecule has 1 N–H and O–H groups in total. The number of hydrogen-bond acceptors (Lipinski definition) is 5. The van der Waals surface area contributed by atoms with Gasteiger partial charge in [0, 0.05) is 37.0 Å². The lowest BCUT2D eigenvalue weighted by atomic mass is 9.98. The molecular weight excluding hydrogens is 622 g/mol. The summed E-state index contributed by atoms with van der Waals surface area (Å²) in [6.07, 6.45) is 4.31. The molecule has 3 aromatic rings. The number of fused-ring (bicyclic) bond motifs is 1. The fourth-order valence-corrected chi connectivity index (χ4v) is 5.27. The van der Waals surface area contributed by atoms with Crippen LogP contribution in [0.5, 0.6) is 11.5 Å². The van der Waals surface area contributed by atoms with Crippen molar-refractivity contribution in [1.29, 1.82) is 0 Å². The zero-order chi connectivity index (χ0) is 22.5. The summed E-state index contributed by atoms with van der Waals surface area (Å²) in [6, 6.07) is 8.64. The van der Waals surface area contributed by atoms with Gasteiger partial charge in [-0.2, -0.15) is 0 Å². The average molecular weight is 646 g/mol. The van der Waals surface area contributed by atoms with Crippen molar-refractivity contribution in [2.75, 3.05) is 0 Å². The average Bonchev–Trinajstić information content (AvgIpc) is 3.06. The van der Waals surface area contributed by atoms with Crippen molar-refractivity contribution in [3.8, 4) is 11.5 Å². The Hall–Kier alpha value is -1.62. The van der Waals surface area contributed by atoms with Crippen LogP contribution in [0, 0.1) is 7.14 Å². The molecular formula is C24H24I2O5. The molecule has 31 heavy (non-hydrogen) atoms. The Kier molecular flexibility index (Phi) is 8.37. The van der Waals surface area contributed by atoms with E-state index in [-0.39, 0.29) is 23.7 Å². The number of carbonyl (C=O) groups is 2. The fraction of sp³-hybridized carbons (Fsp3) is 0.333. The molecule has 5 nitrogen and oxygen atoms in total. The Labute approximate surface area is 208 Å². The zero-order valence-corrected chi connectivity index (χ0v) is 21.8. The van der Waals surface area contributed by atoms with Crippen molar-refractivity contribution in [1.82, 2.24) is 0 Å². The maximum Gasteiger partial charge on any atom is 0.311 e. The third kappa shape index (κ3) is 5.79. The number of phenols is 1. The number of halogens is 2. The van der Waals surface area contributed by atoms with Crippen molar-refractivity contribution < 1.29 is 23.8 Å². The second-order valence-corrected chi connectivity index (χ2v) is 9.88. The van der Waals surface area contributed by atoms with Gasteiger partial charge in [0.05, 0.1) is 5.56 Å². The van der Waals surface area contributed by atoms with Crippen LogP contribution in [0.15, 0.2) is 34.7 Å². The van der Waals surface area contributed by atoms with Crippen LogP contribution in [-0.2, 0) is 11.2 Å². The molecule has 0 saturated heterocycles. The van der Waals surface area contributed by atoms with E-state index in [1.54, 1.807) is 0 Å². The summed E-state index contributed by atoms with van der Waals surface area (Å²) >= 11 is 4.39. The number of ketones is 1. The molecule has 0 amide bonds. The number of furan rings is 1. The first-order valence-corrected chi connectivity index (χ1v) is 12.5. The third-order valence-electron chi connectivity index (χ3n) is 4.91. The van der Waals surface area contributed by atoms with Gasteiger partial charge in [0.1, 0.15) is 11.3 Å². The van der Waals surface area contributed by atoms with Gasteiger partial charge >= 0.3 is 5.97 Å². The van der Waals surface area contributed by atoms with Crippen molar-refractivity contribution in [3.63, 3.8) is 0 Å². The monoisotopic (exact) mass is 646 g/mol. The van der Waals surface area contributed by atoms with Crippen LogP contribution < -0.4 is 4.74 Å². The maximum atomic E-state index is 13.5. The molecule has 0 saturated carbocycles. The van der Waals surface area contributed by atoms with Crippen LogP contribution in [0.2, 0.25) is 0 Å². The molecule has 0 radical (unpaired) electrons. The summed E-state index contributed by atoms with van der Waals surface area (Å²) in [5.74, 6) is -0.101. The molecule has 0 bridgehead atoms. The number of aromatic hydroxyl groups is 1. The molecule has 1 heterocycles. The van der Waals surface area contributed by atoms with E-state index in [0.29, 0.717) is 34.3 Å². The maximum absolute atomic E-state index is 13.5. The Morgan fingerprint density at radius 1 is 1.00 bits per heavy atom. The summed E-state index contributed by atoms with van der Waals surface area (Å²) in [6.45, 7) is 4.07. The normalized spacial score (nSPS) is 11.1. The van der Waals surface area contributed by atoms with E-state index in [0.717, 1.165) is 32.8 Å². The summed E-state index contributed by atoms with van der Waals surface area (Å²) < 4.78 is 13.3. The van der Waals surface area contributed by atoms with Crippen LogP contribution >= 0.6 is 45.2 Å². The number of ether oxygens (including phenoxy) is 1. The van der Waals surface area contributed by atoms with Crippen LogP contribution in [0.25, 0.3) is 11.0 Å². The van der Waals surface area contributed by atoms with E-state index >= 15 is 0 Å². The standard InChI is InChI=1S/C24H24I2O5/c1-3-5-7-19-23(24(29)14-9-15(25)11-16(26)10-14)17-12-18(27)21(13-20(17)30-19)31-22(28)8-6-4-2/h9-13,27H,3-8H2,1-2H3. The number of carbonyl (C=O) groups excluding carboxylic acids is 2. The number of esters is 1. The SMILES string of the molecule is CCCCC(=O)Oc1cc2oc(CCCC)c(C(=O)c3cc(I)cc(I)c3)c2cc1O. The minimum atomic E-state index is -0.404. The lowest BCUT2D eigenvalue weighted by Crippen LogP contribution is -2.07. The topological polar surface area (TPSA) is 76.7 Å². The first-order chi connectivity index (χ1) is 14.8. The molecule has 164 valence electrons. The van der Waals surface area contributed by atoms with Crippen LogP contribution in [0.3, 0.4) is 0 Å². The largest absolute Gasteiger partial charge is 0.504 e. The van der Waals surface area contributed by atoms with Crippen LogP contribution in [0.4, 0.5) is 0 Å². The van der Waals surface area contributed by atoms with Gasteiger partial charge in [-0.05, 0) is 82.3 Å². The molecule has 3 rings (SSSR count). The van der Waals surface area contributed by atoms with Gasteiger partial charge in [-0.25, -0.2) is 0 Å². The summed E-state index contributed by atoms with van der Waals surface area (Å²) in [7, 11) is 0. The molecule has 0 spiro atoms. The molecule has 0 fully saturated rings. The highest BCUT2D eigenvalue weighted by atomic mass is 127. The predicted octanol–water partition coefficient (Wildman–Crippen LogP) is 7.02. The quantitative estimate of drug-likeness (QED) is 0.117. The van der Waals surface area contributed by atoms with Crippen molar-refractivity contribution >= 4 is 67.9 Å². The van der Waals surface area contributed by atoms with Crippen molar-refractivity contribution in [2.24, 2.45) is 0 Å². The summed E-state index contributed by atoms with van der Waals surface area (Å²) in [4.78, 5) is 25.5. The Morgan fingerprint density at radius 2 is 1.68 bits per heavy atom. The lowest BCUT2D eigenvalue weighted by Gasteiger charge is -2.07. The summed E-state index contributed by atoms with van der Waals surface area (Å²) in [5, 5.41) is 11.0. The molecule has 0 aliphatic heterocycles. The number of phenolic OH excluding ortho intramolecular Hbond substituents is 1. The lowest BCUT2D eigenvalue weighted by molar-refractivity contribution is -0.134. The number of unbranched alkanes of at least 4 members (excludes halogenated alkanes) is 2. The first-order valence-electron chi connectivity index (χ1n) is 10.3. The molecule has 7 heteroatoms. The van der Waals surface area contributed by atoms with Gasteiger partial charge in [-0.3, -0.25) is 9.59 Å². The minimum Gasteiger partial charge on any atom is -0.504 e. The van der Waals surface area contributed by atoms with E-state index < -0.39 is 5.97 Å². The van der Waals surface area contributed by atoms with E-state index in [2.05, 4.69) is 52.1 Å². The number of benzene rings is 2. The Balaban J connectivity index is 2.07. The predicted molar refractivity (Wildman–Crippen MR) is 137 cm³/mol. The van der Waals surface area contributed by atoms with Gasteiger partial charge in [-0.15, -0.1) is 0 Å². The van der Waals surface area contributed by atoms with Gasteiger partial charge < -0.3 is 14.3 Å². The number of hydrogen-bond donors (Lipinski definition) is 1. The highest BCUT2D eigenvalue weighted by Crippen LogP contribution is 2.38. The van der Waals surface area contributed by atoms with E-state index in [9.17, 15) is 14.7 Å². The molecule has 2 aromatic carbocycles. The van der Waals surface area contributed by atoms with Gasteiger partial charge in [0.15, 0.2) is 17.3 Å². The van der Waals surface area contributed by atoms with Crippen molar-refractivity contribution in [2.45, 2.75) is 52.4 Å². The Morgan fingerprint density at radius 3 is 2.32 bits per heavy atom. The van der Waals surface area contributed by atoms with Crippen molar-refractivity contribution in [3.05, 3.63) is 54.4 Å². The molecule has 1 aromatic heterocycles. The minimum absolute atomic E-state index is 0.0483. The molecule has 0 unspecified atom stereocenters. The van der Waals surface area contributed by atoms with Gasteiger partial charge in [0.2, 0.25) is 0 Å². The number of aryl methyl sites for hydroxylation is 1. The highest BCUT2D eigenvalue weighted by Gasteiger charge is 2.24. The van der Waals surface area contributed by atoms with E-state index in [1.807, 2.05) is 25.1 Å². The first kappa shape index (κ1) is 24.0. The molecule has 0 aliphatic rings. The molecule has 0 atom stereocenters. The molecule has 0 aliphatic carbocycles. The second-order valence-electron chi connectivity index (χ2n) is 7.38. The zero-order valence-electron chi connectivity index (χ0n) is 17.5. The fourth-order valence-electron chi connectivity index (χ4n) is 3.33. The summed E-state index contributed by atoms with van der Waals surface area (Å²) in [5.41, 5.74) is 1.46. The second kappa shape index (κ2) is 10.8. The smallest absolute Gasteiger partial charge is 0.311 e. The van der Waals surface area contributed by atoms with Gasteiger partial charge in [-0.1, -0.05) is 26.7 Å². The Bertz CT molecular complexity index is 1100. The third-order valence-corrected chi connectivity index (χ3v) is 6.16. The highest BCUT2D eigenvalue weighted by molar-refractivity contribution is 14.1. The number of rotatable bonds is 9. The van der Waals surface area contributed by atoms with E-state index in [4.69, 9.17) is 9.15 Å².